The first-order valence-electron chi connectivity index (χ1n) is 3.61. The van der Waals surface area contributed by atoms with E-state index >= 15 is 0 Å². The molecule has 0 N–H and O–H groups in total. The van der Waals surface area contributed by atoms with Crippen LogP contribution in [0.4, 0.5) is 8.78 Å². The van der Waals surface area contributed by atoms with Gasteiger partial charge < -0.3 is 4.74 Å². The summed E-state index contributed by atoms with van der Waals surface area (Å²) in [6.07, 6.45) is 0. The Morgan fingerprint density at radius 1 is 1.54 bits per heavy atom. The fourth-order valence-electron chi connectivity index (χ4n) is 0.917. The Morgan fingerprint density at radius 3 is 2.69 bits per heavy atom. The molecule has 0 heterocycles. The molecular formula is C9H8F2O2. The molecule has 0 unspecified atom stereocenters. The first-order valence-corrected chi connectivity index (χ1v) is 3.61. The first-order chi connectivity index (χ1) is 6.19. The predicted octanol–water partition coefficient (Wildman–Crippen LogP) is 1.99. The number of alkyl halides is 1. The Hall–Kier alpha value is -1.45. The summed E-state index contributed by atoms with van der Waals surface area (Å²) in [5.41, 5.74) is 0.0146. The van der Waals surface area contributed by atoms with Crippen molar-refractivity contribution < 1.29 is 18.3 Å². The molecule has 0 spiro atoms. The molecule has 0 bridgehead atoms. The number of hydrogen-bond acceptors (Lipinski definition) is 2. The molecule has 0 fully saturated rings. The normalized spacial score (nSPS) is 9.77. The lowest BCUT2D eigenvalue weighted by atomic mass is 10.1. The lowest BCUT2D eigenvalue weighted by molar-refractivity contribution is 0.0958. The lowest BCUT2D eigenvalue weighted by Gasteiger charge is -2.02. The maximum absolute atomic E-state index is 12.9. The fraction of sp³-hybridized carbons (Fsp3) is 0.222. The average Bonchev–Trinajstić information content (AvgIpc) is 2.16. The van der Waals surface area contributed by atoms with Crippen molar-refractivity contribution in [3.63, 3.8) is 0 Å². The molecule has 0 aliphatic rings. The molecule has 13 heavy (non-hydrogen) atoms. The number of hydrogen-bond donors (Lipinski definition) is 0. The third-order valence-electron chi connectivity index (χ3n) is 1.60. The first kappa shape index (κ1) is 9.64. The van der Waals surface area contributed by atoms with Crippen LogP contribution in [0.1, 0.15) is 10.4 Å². The Morgan fingerprint density at radius 2 is 2.23 bits per heavy atom. The van der Waals surface area contributed by atoms with Crippen molar-refractivity contribution in [3.05, 3.63) is 29.6 Å². The zero-order valence-corrected chi connectivity index (χ0v) is 7.01. The topological polar surface area (TPSA) is 26.3 Å². The summed E-state index contributed by atoms with van der Waals surface area (Å²) in [7, 11) is 1.31. The van der Waals surface area contributed by atoms with Crippen molar-refractivity contribution in [2.45, 2.75) is 0 Å². The summed E-state index contributed by atoms with van der Waals surface area (Å²) in [4.78, 5) is 10.8. The molecular weight excluding hydrogens is 178 g/mol. The summed E-state index contributed by atoms with van der Waals surface area (Å²) in [6, 6.07) is 3.57. The maximum atomic E-state index is 12.9. The van der Waals surface area contributed by atoms with Crippen molar-refractivity contribution in [1.29, 1.82) is 0 Å². The lowest BCUT2D eigenvalue weighted by Crippen LogP contribution is -2.01. The molecule has 0 atom stereocenters. The summed E-state index contributed by atoms with van der Waals surface area (Å²) in [6.45, 7) is -1.12. The van der Waals surface area contributed by atoms with Crippen LogP contribution in [0, 0.1) is 5.82 Å². The largest absolute Gasteiger partial charge is 0.494 e. The van der Waals surface area contributed by atoms with Gasteiger partial charge in [-0.15, -0.1) is 0 Å². The van der Waals surface area contributed by atoms with Crippen molar-refractivity contribution in [1.82, 2.24) is 0 Å². The molecule has 0 saturated heterocycles. The molecule has 4 heteroatoms. The number of Topliss-reactive ketones (excluding diaryl/α,β-unsaturated/α-hetero) is 1. The number of carbonyl (C=O) groups excluding carboxylic acids is 1. The van der Waals surface area contributed by atoms with Gasteiger partial charge in [0.2, 0.25) is 0 Å². The highest BCUT2D eigenvalue weighted by Crippen LogP contribution is 2.17. The van der Waals surface area contributed by atoms with Crippen LogP contribution in [0.5, 0.6) is 5.75 Å². The van der Waals surface area contributed by atoms with Gasteiger partial charge in [-0.3, -0.25) is 4.79 Å². The molecule has 1 rings (SSSR count). The Balaban J connectivity index is 3.02. The second-order valence-corrected chi connectivity index (χ2v) is 2.41. The van der Waals surface area contributed by atoms with Crippen LogP contribution in [0.3, 0.4) is 0 Å². The monoisotopic (exact) mass is 186 g/mol. The van der Waals surface area contributed by atoms with E-state index in [1.165, 1.54) is 19.2 Å². The van der Waals surface area contributed by atoms with E-state index in [9.17, 15) is 13.6 Å². The average molecular weight is 186 g/mol. The van der Waals surface area contributed by atoms with E-state index in [-0.39, 0.29) is 11.3 Å². The minimum Gasteiger partial charge on any atom is -0.494 e. The van der Waals surface area contributed by atoms with Crippen LogP contribution in [0.2, 0.25) is 0 Å². The number of rotatable bonds is 3. The van der Waals surface area contributed by atoms with Gasteiger partial charge in [-0.2, -0.15) is 0 Å². The third kappa shape index (κ3) is 2.02. The van der Waals surface area contributed by atoms with E-state index in [0.29, 0.717) is 0 Å². The SMILES string of the molecule is COc1ccc(C(=O)CF)cc1F. The van der Waals surface area contributed by atoms with Crippen LogP contribution in [0.25, 0.3) is 0 Å². The van der Waals surface area contributed by atoms with Crippen molar-refractivity contribution in [2.75, 3.05) is 13.8 Å². The maximum Gasteiger partial charge on any atom is 0.193 e. The van der Waals surface area contributed by atoms with Crippen LogP contribution in [0.15, 0.2) is 18.2 Å². The summed E-state index contributed by atoms with van der Waals surface area (Å²) in [5, 5.41) is 0. The van der Waals surface area contributed by atoms with Gasteiger partial charge in [0.25, 0.3) is 0 Å². The number of ether oxygens (including phenoxy) is 1. The van der Waals surface area contributed by atoms with Crippen LogP contribution >= 0.6 is 0 Å². The number of halogens is 2. The molecule has 0 amide bonds. The van der Waals surface area contributed by atoms with Gasteiger partial charge in [0.15, 0.2) is 24.0 Å². The predicted molar refractivity (Wildman–Crippen MR) is 43.3 cm³/mol. The van der Waals surface area contributed by atoms with Crippen LogP contribution in [-0.2, 0) is 0 Å². The summed E-state index contributed by atoms with van der Waals surface area (Å²) < 4.78 is 29.5. The molecule has 70 valence electrons. The molecule has 0 aliphatic heterocycles. The van der Waals surface area contributed by atoms with E-state index in [1.54, 1.807) is 0 Å². The Kier molecular flexibility index (Phi) is 2.95. The Bertz CT molecular complexity index is 323. The number of methoxy groups -OCH3 is 1. The highest BCUT2D eigenvalue weighted by atomic mass is 19.1. The van der Waals surface area contributed by atoms with E-state index in [4.69, 9.17) is 0 Å². The summed E-state index contributed by atoms with van der Waals surface area (Å²) >= 11 is 0. The smallest absolute Gasteiger partial charge is 0.193 e. The van der Waals surface area contributed by atoms with Crippen LogP contribution < -0.4 is 4.74 Å². The van der Waals surface area contributed by atoms with E-state index in [2.05, 4.69) is 4.74 Å². The zero-order valence-electron chi connectivity index (χ0n) is 7.01. The van der Waals surface area contributed by atoms with Crippen molar-refractivity contribution in [3.8, 4) is 5.75 Å². The zero-order chi connectivity index (χ0) is 9.84. The standard InChI is InChI=1S/C9H8F2O2/c1-13-9-3-2-6(4-7(9)11)8(12)5-10/h2-4H,5H2,1H3. The second kappa shape index (κ2) is 3.98. The van der Waals surface area contributed by atoms with Crippen molar-refractivity contribution >= 4 is 5.78 Å². The molecule has 2 nitrogen and oxygen atoms in total. The molecule has 0 aromatic heterocycles. The van der Waals surface area contributed by atoms with Gasteiger partial charge in [-0.25, -0.2) is 8.78 Å². The quantitative estimate of drug-likeness (QED) is 0.675. The molecule has 0 aliphatic carbocycles. The van der Waals surface area contributed by atoms with E-state index < -0.39 is 18.3 Å². The molecule has 0 radical (unpaired) electrons. The summed E-state index contributed by atoms with van der Waals surface area (Å²) in [5.74, 6) is -1.36. The Labute approximate surface area is 74.1 Å². The molecule has 0 saturated carbocycles. The third-order valence-corrected chi connectivity index (χ3v) is 1.60. The number of benzene rings is 1. The van der Waals surface area contributed by atoms with Gasteiger partial charge in [0, 0.05) is 5.56 Å². The second-order valence-electron chi connectivity index (χ2n) is 2.41. The molecule has 1 aromatic carbocycles. The van der Waals surface area contributed by atoms with Gasteiger partial charge in [-0.1, -0.05) is 0 Å². The molecule has 1 aromatic rings. The van der Waals surface area contributed by atoms with Crippen LogP contribution in [-0.4, -0.2) is 19.6 Å². The van der Waals surface area contributed by atoms with Gasteiger partial charge in [0.05, 0.1) is 7.11 Å². The highest BCUT2D eigenvalue weighted by molar-refractivity contribution is 5.97. The minimum absolute atomic E-state index is 0.0146. The van der Waals surface area contributed by atoms with Gasteiger partial charge in [-0.05, 0) is 18.2 Å². The van der Waals surface area contributed by atoms with E-state index in [1.807, 2.05) is 0 Å². The van der Waals surface area contributed by atoms with Crippen molar-refractivity contribution in [2.24, 2.45) is 0 Å². The van der Waals surface area contributed by atoms with E-state index in [0.717, 1.165) is 6.07 Å². The fourth-order valence-corrected chi connectivity index (χ4v) is 0.917. The number of ketones is 1. The van der Waals surface area contributed by atoms with Gasteiger partial charge >= 0.3 is 0 Å². The minimum atomic E-state index is -1.12. The number of carbonyl (C=O) groups is 1. The van der Waals surface area contributed by atoms with Gasteiger partial charge in [0.1, 0.15) is 0 Å². The highest BCUT2D eigenvalue weighted by Gasteiger charge is 2.08.